The molecule has 0 unspecified atom stereocenters. The van der Waals surface area contributed by atoms with Gasteiger partial charge in [0.15, 0.2) is 0 Å². The maximum atomic E-state index is 12.2. The highest BCUT2D eigenvalue weighted by molar-refractivity contribution is 9.10. The van der Waals surface area contributed by atoms with E-state index < -0.39 is 5.91 Å². The molecular formula is C21H17BrN4O3. The van der Waals surface area contributed by atoms with Crippen LogP contribution in [-0.2, 0) is 0 Å². The normalized spacial score (nSPS) is 10.5. The smallest absolute Gasteiger partial charge is 0.323 e. The third-order valence-corrected chi connectivity index (χ3v) is 4.29. The van der Waals surface area contributed by atoms with Crippen molar-refractivity contribution in [2.75, 3.05) is 10.6 Å². The number of carbonyl (C=O) groups is 2. The molecular weight excluding hydrogens is 436 g/mol. The predicted octanol–water partition coefficient (Wildman–Crippen LogP) is 4.56. The van der Waals surface area contributed by atoms with E-state index >= 15 is 0 Å². The molecule has 29 heavy (non-hydrogen) atoms. The second-order valence-electron chi connectivity index (χ2n) is 5.92. The van der Waals surface area contributed by atoms with Gasteiger partial charge in [0.1, 0.15) is 5.75 Å². The number of hydrogen-bond acceptors (Lipinski definition) is 4. The third kappa shape index (κ3) is 5.91. The molecule has 0 fully saturated rings. The lowest BCUT2D eigenvalue weighted by atomic mass is 10.2. The molecule has 3 amide bonds. The van der Waals surface area contributed by atoms with Crippen molar-refractivity contribution in [3.05, 3.63) is 88.4 Å². The van der Waals surface area contributed by atoms with Crippen molar-refractivity contribution < 1.29 is 14.7 Å². The maximum absolute atomic E-state index is 12.2. The van der Waals surface area contributed by atoms with E-state index in [0.29, 0.717) is 22.5 Å². The van der Waals surface area contributed by atoms with Gasteiger partial charge < -0.3 is 15.7 Å². The van der Waals surface area contributed by atoms with Gasteiger partial charge in [0.05, 0.1) is 6.21 Å². The Bertz CT molecular complexity index is 1040. The molecule has 0 bridgehead atoms. The number of halogens is 1. The summed E-state index contributed by atoms with van der Waals surface area (Å²) < 4.78 is 0.780. The van der Waals surface area contributed by atoms with Gasteiger partial charge in [0, 0.05) is 27.0 Å². The van der Waals surface area contributed by atoms with E-state index in [9.17, 15) is 14.7 Å². The second-order valence-corrected chi connectivity index (χ2v) is 6.84. The summed E-state index contributed by atoms with van der Waals surface area (Å²) in [5.41, 5.74) is 4.44. The van der Waals surface area contributed by atoms with Gasteiger partial charge in [-0.05, 0) is 54.6 Å². The van der Waals surface area contributed by atoms with Gasteiger partial charge in [-0.25, -0.2) is 10.2 Å². The number of carbonyl (C=O) groups excluding carboxylic acids is 2. The molecule has 7 nitrogen and oxygen atoms in total. The van der Waals surface area contributed by atoms with Gasteiger partial charge in [0.2, 0.25) is 0 Å². The maximum Gasteiger partial charge on any atom is 0.323 e. The van der Waals surface area contributed by atoms with E-state index in [-0.39, 0.29) is 11.8 Å². The van der Waals surface area contributed by atoms with E-state index in [1.165, 1.54) is 12.3 Å². The minimum atomic E-state index is -0.420. The molecule has 0 saturated heterocycles. The van der Waals surface area contributed by atoms with E-state index in [2.05, 4.69) is 37.1 Å². The standard InChI is InChI=1S/C21H17BrN4O3/c22-16-8-11-19(27)15(12-16)13-23-26-20(28)14-6-9-18(10-7-14)25-21(29)24-17-4-2-1-3-5-17/h1-13,27H,(H,26,28)(H2,24,25,29)/b23-13+. The van der Waals surface area contributed by atoms with Gasteiger partial charge in [-0.2, -0.15) is 5.10 Å². The summed E-state index contributed by atoms with van der Waals surface area (Å²) in [6.45, 7) is 0. The van der Waals surface area contributed by atoms with E-state index in [1.807, 2.05) is 18.2 Å². The largest absolute Gasteiger partial charge is 0.507 e. The van der Waals surface area contributed by atoms with Crippen LogP contribution < -0.4 is 16.1 Å². The molecule has 0 spiro atoms. The first-order chi connectivity index (χ1) is 14.0. The number of para-hydroxylation sites is 1. The zero-order valence-corrected chi connectivity index (χ0v) is 16.7. The van der Waals surface area contributed by atoms with Crippen LogP contribution in [0.3, 0.4) is 0 Å². The number of phenols is 1. The van der Waals surface area contributed by atoms with Crippen molar-refractivity contribution in [2.24, 2.45) is 5.10 Å². The van der Waals surface area contributed by atoms with Gasteiger partial charge in [-0.3, -0.25) is 4.79 Å². The summed E-state index contributed by atoms with van der Waals surface area (Å²) in [6.07, 6.45) is 1.35. The quantitative estimate of drug-likeness (QED) is 0.336. The topological polar surface area (TPSA) is 103 Å². The van der Waals surface area contributed by atoms with Crippen LogP contribution in [0.5, 0.6) is 5.75 Å². The van der Waals surface area contributed by atoms with Crippen LogP contribution in [0.1, 0.15) is 15.9 Å². The fourth-order valence-corrected chi connectivity index (χ4v) is 2.75. The van der Waals surface area contributed by atoms with Crippen LogP contribution in [0.25, 0.3) is 0 Å². The number of hydrogen-bond donors (Lipinski definition) is 4. The number of nitrogens with zero attached hydrogens (tertiary/aromatic N) is 1. The number of nitrogens with one attached hydrogen (secondary N) is 3. The highest BCUT2D eigenvalue weighted by Crippen LogP contribution is 2.20. The Morgan fingerprint density at radius 2 is 1.55 bits per heavy atom. The SMILES string of the molecule is O=C(Nc1ccccc1)Nc1ccc(C(=O)N/N=C/c2cc(Br)ccc2O)cc1. The summed E-state index contributed by atoms with van der Waals surface area (Å²) in [7, 11) is 0. The number of hydrazone groups is 1. The molecule has 0 radical (unpaired) electrons. The number of benzene rings is 3. The summed E-state index contributed by atoms with van der Waals surface area (Å²) >= 11 is 3.30. The fourth-order valence-electron chi connectivity index (χ4n) is 2.37. The summed E-state index contributed by atoms with van der Waals surface area (Å²) in [5, 5.41) is 19.0. The lowest BCUT2D eigenvalue weighted by Crippen LogP contribution is -2.20. The van der Waals surface area contributed by atoms with Crippen molar-refractivity contribution in [2.45, 2.75) is 0 Å². The van der Waals surface area contributed by atoms with E-state index in [0.717, 1.165) is 4.47 Å². The molecule has 3 rings (SSSR count). The second kappa shape index (κ2) is 9.52. The molecule has 0 aliphatic rings. The Morgan fingerprint density at radius 1 is 0.897 bits per heavy atom. The first-order valence-electron chi connectivity index (χ1n) is 8.56. The van der Waals surface area contributed by atoms with Crippen LogP contribution in [0.4, 0.5) is 16.2 Å². The summed E-state index contributed by atoms with van der Waals surface area (Å²) in [6, 6.07) is 19.9. The van der Waals surface area contributed by atoms with Crippen molar-refractivity contribution in [3.63, 3.8) is 0 Å². The molecule has 0 aliphatic carbocycles. The van der Waals surface area contributed by atoms with Crippen molar-refractivity contribution >= 4 is 45.5 Å². The number of amides is 3. The Hall–Kier alpha value is -3.65. The zero-order chi connectivity index (χ0) is 20.6. The molecule has 146 valence electrons. The van der Waals surface area contributed by atoms with Crippen molar-refractivity contribution in [3.8, 4) is 5.75 Å². The van der Waals surface area contributed by atoms with Crippen LogP contribution in [0.15, 0.2) is 82.4 Å². The molecule has 3 aromatic carbocycles. The van der Waals surface area contributed by atoms with Gasteiger partial charge in [0.25, 0.3) is 5.91 Å². The summed E-state index contributed by atoms with van der Waals surface area (Å²) in [4.78, 5) is 24.1. The molecule has 0 heterocycles. The Kier molecular flexibility index (Phi) is 6.59. The monoisotopic (exact) mass is 452 g/mol. The summed E-state index contributed by atoms with van der Waals surface area (Å²) in [5.74, 6) is -0.369. The van der Waals surface area contributed by atoms with Crippen LogP contribution in [0, 0.1) is 0 Å². The first-order valence-corrected chi connectivity index (χ1v) is 9.35. The van der Waals surface area contributed by atoms with Crippen molar-refractivity contribution in [1.82, 2.24) is 5.43 Å². The highest BCUT2D eigenvalue weighted by Gasteiger charge is 2.06. The third-order valence-electron chi connectivity index (χ3n) is 3.80. The van der Waals surface area contributed by atoms with Crippen LogP contribution in [-0.4, -0.2) is 23.3 Å². The van der Waals surface area contributed by atoms with Crippen LogP contribution >= 0.6 is 15.9 Å². The molecule has 3 aromatic rings. The Balaban J connectivity index is 1.55. The molecule has 0 atom stereocenters. The number of rotatable bonds is 5. The van der Waals surface area contributed by atoms with Crippen LogP contribution in [0.2, 0.25) is 0 Å². The lowest BCUT2D eigenvalue weighted by Gasteiger charge is -2.08. The number of urea groups is 1. The predicted molar refractivity (Wildman–Crippen MR) is 116 cm³/mol. The average Bonchev–Trinajstić information content (AvgIpc) is 2.71. The average molecular weight is 453 g/mol. The van der Waals surface area contributed by atoms with Gasteiger partial charge >= 0.3 is 6.03 Å². The molecule has 0 saturated carbocycles. The number of anilines is 2. The Labute approximate surface area is 175 Å². The molecule has 0 aromatic heterocycles. The first kappa shape index (κ1) is 20.1. The minimum Gasteiger partial charge on any atom is -0.507 e. The lowest BCUT2D eigenvalue weighted by molar-refractivity contribution is 0.0955. The molecule has 0 aliphatic heterocycles. The van der Waals surface area contributed by atoms with Gasteiger partial charge in [-0.15, -0.1) is 0 Å². The minimum absolute atomic E-state index is 0.0513. The van der Waals surface area contributed by atoms with E-state index in [1.54, 1.807) is 48.5 Å². The van der Waals surface area contributed by atoms with Crippen molar-refractivity contribution in [1.29, 1.82) is 0 Å². The number of aromatic hydroxyl groups is 1. The molecule has 4 N–H and O–H groups in total. The fraction of sp³-hybridized carbons (Fsp3) is 0. The Morgan fingerprint density at radius 3 is 2.24 bits per heavy atom. The van der Waals surface area contributed by atoms with E-state index in [4.69, 9.17) is 0 Å². The van der Waals surface area contributed by atoms with Gasteiger partial charge in [-0.1, -0.05) is 34.1 Å². The highest BCUT2D eigenvalue weighted by atomic mass is 79.9. The molecule has 8 heteroatoms. The number of phenolic OH excluding ortho intramolecular Hbond substituents is 1. The zero-order valence-electron chi connectivity index (χ0n) is 15.1.